The summed E-state index contributed by atoms with van der Waals surface area (Å²) in [5.41, 5.74) is 1.20. The number of aryl methyl sites for hydroxylation is 1. The monoisotopic (exact) mass is 323 g/mol. The Morgan fingerprint density at radius 2 is 2.16 bits per heavy atom. The molecule has 0 saturated heterocycles. The average molecular weight is 324 g/mol. The summed E-state index contributed by atoms with van der Waals surface area (Å²) in [6.45, 7) is 4.99. The summed E-state index contributed by atoms with van der Waals surface area (Å²) in [5.74, 6) is 2.01. The number of anilines is 1. The zero-order valence-corrected chi connectivity index (χ0v) is 13.0. The van der Waals surface area contributed by atoms with Gasteiger partial charge in [-0.25, -0.2) is 9.97 Å². The molecule has 0 aromatic carbocycles. The lowest BCUT2D eigenvalue weighted by Gasteiger charge is -2.09. The highest BCUT2D eigenvalue weighted by Gasteiger charge is 2.06. The van der Waals surface area contributed by atoms with Gasteiger partial charge in [-0.05, 0) is 22.0 Å². The SMILES string of the molecule is CC(C)c1nc(Br)cc(NCCc2ccnn2C)n1. The molecule has 0 unspecified atom stereocenters. The Morgan fingerprint density at radius 1 is 1.37 bits per heavy atom. The third-order valence-corrected chi connectivity index (χ3v) is 3.24. The molecule has 0 radical (unpaired) electrons. The summed E-state index contributed by atoms with van der Waals surface area (Å²) in [7, 11) is 1.95. The van der Waals surface area contributed by atoms with Crippen molar-refractivity contribution in [3.05, 3.63) is 34.5 Å². The molecule has 5 nitrogen and oxygen atoms in total. The first-order valence-electron chi connectivity index (χ1n) is 6.31. The highest BCUT2D eigenvalue weighted by molar-refractivity contribution is 9.10. The van der Waals surface area contributed by atoms with Crippen molar-refractivity contribution in [2.75, 3.05) is 11.9 Å². The maximum atomic E-state index is 4.50. The molecule has 102 valence electrons. The van der Waals surface area contributed by atoms with Gasteiger partial charge in [0.05, 0.1) is 0 Å². The summed E-state index contributed by atoms with van der Waals surface area (Å²) < 4.78 is 2.70. The van der Waals surface area contributed by atoms with Gasteiger partial charge in [-0.1, -0.05) is 13.8 Å². The Balaban J connectivity index is 1.98. The van der Waals surface area contributed by atoms with E-state index in [1.807, 2.05) is 30.1 Å². The molecule has 6 heteroatoms. The molecule has 0 bridgehead atoms. The van der Waals surface area contributed by atoms with Crippen molar-refractivity contribution >= 4 is 21.7 Å². The lowest BCUT2D eigenvalue weighted by atomic mass is 10.2. The fraction of sp³-hybridized carbons (Fsp3) is 0.462. The van der Waals surface area contributed by atoms with Gasteiger partial charge < -0.3 is 5.32 Å². The number of aromatic nitrogens is 4. The normalized spacial score (nSPS) is 11.0. The molecule has 0 aliphatic heterocycles. The number of halogens is 1. The first-order valence-corrected chi connectivity index (χ1v) is 7.11. The van der Waals surface area contributed by atoms with E-state index in [9.17, 15) is 0 Å². The average Bonchev–Trinajstić information content (AvgIpc) is 2.74. The molecule has 0 aliphatic rings. The first-order chi connectivity index (χ1) is 9.06. The molecule has 0 saturated carbocycles. The highest BCUT2D eigenvalue weighted by Crippen LogP contribution is 2.17. The molecule has 19 heavy (non-hydrogen) atoms. The van der Waals surface area contributed by atoms with Gasteiger partial charge in [0, 0.05) is 43.9 Å². The van der Waals surface area contributed by atoms with Gasteiger partial charge in [0.25, 0.3) is 0 Å². The van der Waals surface area contributed by atoms with Crippen LogP contribution in [0.5, 0.6) is 0 Å². The number of hydrogen-bond acceptors (Lipinski definition) is 4. The van der Waals surface area contributed by atoms with Gasteiger partial charge in [-0.15, -0.1) is 0 Å². The predicted octanol–water partition coefficient (Wildman–Crippen LogP) is 2.75. The Labute approximate surface area is 121 Å². The fourth-order valence-corrected chi connectivity index (χ4v) is 2.15. The van der Waals surface area contributed by atoms with Crippen LogP contribution in [-0.4, -0.2) is 26.3 Å². The van der Waals surface area contributed by atoms with E-state index in [4.69, 9.17) is 0 Å². The largest absolute Gasteiger partial charge is 0.370 e. The van der Waals surface area contributed by atoms with E-state index in [2.05, 4.69) is 50.2 Å². The van der Waals surface area contributed by atoms with Gasteiger partial charge in [-0.2, -0.15) is 5.10 Å². The minimum Gasteiger partial charge on any atom is -0.370 e. The quantitative estimate of drug-likeness (QED) is 0.859. The second kappa shape index (κ2) is 6.14. The number of rotatable bonds is 5. The van der Waals surface area contributed by atoms with Gasteiger partial charge in [0.1, 0.15) is 16.2 Å². The molecule has 1 N–H and O–H groups in total. The molecule has 0 atom stereocenters. The fourth-order valence-electron chi connectivity index (χ4n) is 1.75. The van der Waals surface area contributed by atoms with Crippen LogP contribution in [0, 0.1) is 0 Å². The van der Waals surface area contributed by atoms with Crippen LogP contribution in [0.15, 0.2) is 22.9 Å². The maximum absolute atomic E-state index is 4.50. The second-order valence-corrected chi connectivity index (χ2v) is 5.52. The highest BCUT2D eigenvalue weighted by atomic mass is 79.9. The number of nitrogens with zero attached hydrogens (tertiary/aromatic N) is 4. The Bertz CT molecular complexity index is 550. The third kappa shape index (κ3) is 3.76. The van der Waals surface area contributed by atoms with E-state index in [0.29, 0.717) is 5.92 Å². The minimum atomic E-state index is 0.315. The smallest absolute Gasteiger partial charge is 0.134 e. The standard InChI is InChI=1S/C13H18BrN5/c1-9(2)13-17-11(14)8-12(18-13)15-6-4-10-5-7-16-19(10)3/h5,7-9H,4,6H2,1-3H3,(H,15,17,18). The van der Waals surface area contributed by atoms with E-state index >= 15 is 0 Å². The zero-order chi connectivity index (χ0) is 13.8. The molecule has 2 rings (SSSR count). The second-order valence-electron chi connectivity index (χ2n) is 4.71. The van der Waals surface area contributed by atoms with Gasteiger partial charge in [0.15, 0.2) is 0 Å². The molecular formula is C13H18BrN5. The molecule has 0 aliphatic carbocycles. The Morgan fingerprint density at radius 3 is 2.79 bits per heavy atom. The van der Waals surface area contributed by atoms with Crippen molar-refractivity contribution < 1.29 is 0 Å². The number of nitrogens with one attached hydrogen (secondary N) is 1. The molecule has 2 heterocycles. The molecule has 0 amide bonds. The molecule has 2 aromatic heterocycles. The lowest BCUT2D eigenvalue weighted by Crippen LogP contribution is -2.10. The van der Waals surface area contributed by atoms with Crippen molar-refractivity contribution in [3.63, 3.8) is 0 Å². The maximum Gasteiger partial charge on any atom is 0.134 e. The van der Waals surface area contributed by atoms with E-state index < -0.39 is 0 Å². The van der Waals surface area contributed by atoms with Crippen LogP contribution in [-0.2, 0) is 13.5 Å². The molecule has 2 aromatic rings. The third-order valence-electron chi connectivity index (χ3n) is 2.84. The van der Waals surface area contributed by atoms with Crippen LogP contribution in [0.25, 0.3) is 0 Å². The first kappa shape index (κ1) is 14.0. The van der Waals surface area contributed by atoms with Crippen molar-refractivity contribution in [2.45, 2.75) is 26.2 Å². The van der Waals surface area contributed by atoms with E-state index in [-0.39, 0.29) is 0 Å². The van der Waals surface area contributed by atoms with Crippen LogP contribution < -0.4 is 5.32 Å². The lowest BCUT2D eigenvalue weighted by molar-refractivity contribution is 0.710. The van der Waals surface area contributed by atoms with E-state index in [1.165, 1.54) is 5.69 Å². The van der Waals surface area contributed by atoms with Crippen LogP contribution in [0.1, 0.15) is 31.3 Å². The molecule has 0 fully saturated rings. The summed E-state index contributed by atoms with van der Waals surface area (Å²) in [4.78, 5) is 8.86. The number of hydrogen-bond donors (Lipinski definition) is 1. The summed E-state index contributed by atoms with van der Waals surface area (Å²) >= 11 is 3.42. The summed E-state index contributed by atoms with van der Waals surface area (Å²) in [6, 6.07) is 3.92. The predicted molar refractivity (Wildman–Crippen MR) is 79.2 cm³/mol. The summed E-state index contributed by atoms with van der Waals surface area (Å²) in [5, 5.41) is 7.47. The van der Waals surface area contributed by atoms with Gasteiger partial charge in [-0.3, -0.25) is 4.68 Å². The Kier molecular flexibility index (Phi) is 4.52. The Hall–Kier alpha value is -1.43. The van der Waals surface area contributed by atoms with Crippen molar-refractivity contribution in [1.82, 2.24) is 19.7 Å². The molecule has 0 spiro atoms. The van der Waals surface area contributed by atoms with Crippen molar-refractivity contribution in [1.29, 1.82) is 0 Å². The van der Waals surface area contributed by atoms with E-state index in [0.717, 1.165) is 29.2 Å². The van der Waals surface area contributed by atoms with E-state index in [1.54, 1.807) is 0 Å². The minimum absolute atomic E-state index is 0.315. The van der Waals surface area contributed by atoms with Crippen LogP contribution >= 0.6 is 15.9 Å². The van der Waals surface area contributed by atoms with Crippen LogP contribution in [0.2, 0.25) is 0 Å². The molecular weight excluding hydrogens is 306 g/mol. The van der Waals surface area contributed by atoms with Gasteiger partial charge >= 0.3 is 0 Å². The summed E-state index contributed by atoms with van der Waals surface area (Å²) in [6.07, 6.45) is 2.72. The van der Waals surface area contributed by atoms with Gasteiger partial charge in [0.2, 0.25) is 0 Å². The van der Waals surface area contributed by atoms with Crippen molar-refractivity contribution in [2.24, 2.45) is 7.05 Å². The van der Waals surface area contributed by atoms with Crippen molar-refractivity contribution in [3.8, 4) is 0 Å². The van der Waals surface area contributed by atoms with Crippen LogP contribution in [0.3, 0.4) is 0 Å². The zero-order valence-electron chi connectivity index (χ0n) is 11.4. The topological polar surface area (TPSA) is 55.6 Å². The van der Waals surface area contributed by atoms with Crippen LogP contribution in [0.4, 0.5) is 5.82 Å².